The van der Waals surface area contributed by atoms with E-state index in [1.165, 1.54) is 12.8 Å². The van der Waals surface area contributed by atoms with E-state index in [0.717, 1.165) is 18.8 Å². The van der Waals surface area contributed by atoms with Crippen LogP contribution in [0.15, 0.2) is 12.2 Å². The molecule has 0 radical (unpaired) electrons. The second-order valence-corrected chi connectivity index (χ2v) is 5.81. The fourth-order valence-corrected chi connectivity index (χ4v) is 2.35. The van der Waals surface area contributed by atoms with E-state index in [-0.39, 0.29) is 5.92 Å². The van der Waals surface area contributed by atoms with Gasteiger partial charge in [0.25, 0.3) is 0 Å². The number of carbonyl (C=O) groups is 1. The predicted molar refractivity (Wildman–Crippen MR) is 69.3 cm³/mol. The number of ketones is 1. The molecule has 0 aromatic rings. The van der Waals surface area contributed by atoms with Gasteiger partial charge in [0.2, 0.25) is 0 Å². The molecule has 0 aliphatic heterocycles. The standard InChI is InChI=1S/C15H26O/c1-11(2)14-9-8-12(3)6-5-7-13(4)15(16)10-14/h5,7,11-14H,6,8-10H2,1-4H3/t12-,13-,14-/m0/s1. The zero-order valence-electron chi connectivity index (χ0n) is 11.2. The van der Waals surface area contributed by atoms with Crippen molar-refractivity contribution in [2.75, 3.05) is 0 Å². The van der Waals surface area contributed by atoms with E-state index >= 15 is 0 Å². The third kappa shape index (κ3) is 4.11. The first-order valence-electron chi connectivity index (χ1n) is 6.70. The smallest absolute Gasteiger partial charge is 0.139 e. The van der Waals surface area contributed by atoms with Crippen molar-refractivity contribution >= 4 is 5.78 Å². The highest BCUT2D eigenvalue weighted by Crippen LogP contribution is 2.27. The summed E-state index contributed by atoms with van der Waals surface area (Å²) < 4.78 is 0. The first kappa shape index (κ1) is 13.5. The SMILES string of the molecule is CC(C)[C@H]1CC[C@@H](C)CC=C[C@H](C)C(=O)C1. The van der Waals surface area contributed by atoms with Crippen molar-refractivity contribution in [1.29, 1.82) is 0 Å². The molecule has 1 heteroatoms. The second-order valence-electron chi connectivity index (χ2n) is 5.81. The van der Waals surface area contributed by atoms with Crippen molar-refractivity contribution in [3.05, 3.63) is 12.2 Å². The summed E-state index contributed by atoms with van der Waals surface area (Å²) in [6.07, 6.45) is 8.67. The lowest BCUT2D eigenvalue weighted by Crippen LogP contribution is -2.19. The summed E-state index contributed by atoms with van der Waals surface area (Å²) in [5.41, 5.74) is 0. The van der Waals surface area contributed by atoms with E-state index in [4.69, 9.17) is 0 Å². The molecule has 0 fully saturated rings. The number of Topliss-reactive ketones (excluding diaryl/α,β-unsaturated/α-hetero) is 1. The summed E-state index contributed by atoms with van der Waals surface area (Å²) in [7, 11) is 0. The molecular weight excluding hydrogens is 196 g/mol. The van der Waals surface area contributed by atoms with E-state index in [1.807, 2.05) is 6.92 Å². The highest BCUT2D eigenvalue weighted by atomic mass is 16.1. The fourth-order valence-electron chi connectivity index (χ4n) is 2.35. The summed E-state index contributed by atoms with van der Waals surface area (Å²) in [5, 5.41) is 0. The van der Waals surface area contributed by atoms with Gasteiger partial charge in [-0.25, -0.2) is 0 Å². The van der Waals surface area contributed by atoms with Crippen molar-refractivity contribution in [2.24, 2.45) is 23.7 Å². The Morgan fingerprint density at radius 2 is 1.94 bits per heavy atom. The van der Waals surface area contributed by atoms with Crippen LogP contribution >= 0.6 is 0 Å². The van der Waals surface area contributed by atoms with Crippen LogP contribution in [-0.2, 0) is 4.79 Å². The third-order valence-corrected chi connectivity index (χ3v) is 3.91. The Kier molecular flexibility index (Phi) is 5.24. The van der Waals surface area contributed by atoms with Crippen molar-refractivity contribution < 1.29 is 4.79 Å². The Morgan fingerprint density at radius 1 is 1.25 bits per heavy atom. The minimum absolute atomic E-state index is 0.117. The van der Waals surface area contributed by atoms with Crippen molar-refractivity contribution in [3.8, 4) is 0 Å². The second kappa shape index (κ2) is 6.22. The van der Waals surface area contributed by atoms with Gasteiger partial charge in [-0.1, -0.05) is 46.3 Å². The maximum Gasteiger partial charge on any atom is 0.139 e. The Morgan fingerprint density at radius 3 is 2.56 bits per heavy atom. The molecule has 1 rings (SSSR count). The highest BCUT2D eigenvalue weighted by molar-refractivity contribution is 5.82. The fraction of sp³-hybridized carbons (Fsp3) is 0.800. The maximum atomic E-state index is 12.0. The van der Waals surface area contributed by atoms with Gasteiger partial charge >= 0.3 is 0 Å². The van der Waals surface area contributed by atoms with E-state index in [0.29, 0.717) is 17.6 Å². The lowest BCUT2D eigenvalue weighted by atomic mass is 9.81. The van der Waals surface area contributed by atoms with Crippen LogP contribution < -0.4 is 0 Å². The number of hydrogen-bond acceptors (Lipinski definition) is 1. The van der Waals surface area contributed by atoms with Crippen molar-refractivity contribution in [3.63, 3.8) is 0 Å². The van der Waals surface area contributed by atoms with Gasteiger partial charge in [0, 0.05) is 12.3 Å². The molecule has 0 bridgehead atoms. The van der Waals surface area contributed by atoms with Crippen molar-refractivity contribution in [1.82, 2.24) is 0 Å². The van der Waals surface area contributed by atoms with E-state index in [9.17, 15) is 4.79 Å². The van der Waals surface area contributed by atoms with Crippen LogP contribution in [0, 0.1) is 23.7 Å². The maximum absolute atomic E-state index is 12.0. The van der Waals surface area contributed by atoms with E-state index in [1.54, 1.807) is 0 Å². The summed E-state index contributed by atoms with van der Waals surface area (Å²) >= 11 is 0. The van der Waals surface area contributed by atoms with Crippen LogP contribution in [0.25, 0.3) is 0 Å². The van der Waals surface area contributed by atoms with Gasteiger partial charge in [0.05, 0.1) is 0 Å². The minimum atomic E-state index is 0.117. The lowest BCUT2D eigenvalue weighted by Gasteiger charge is -2.23. The van der Waals surface area contributed by atoms with Crippen LogP contribution in [-0.4, -0.2) is 5.78 Å². The van der Waals surface area contributed by atoms with Crippen LogP contribution in [0.3, 0.4) is 0 Å². The van der Waals surface area contributed by atoms with Crippen LogP contribution in [0.4, 0.5) is 0 Å². The molecule has 0 N–H and O–H groups in total. The van der Waals surface area contributed by atoms with Gasteiger partial charge in [0.1, 0.15) is 5.78 Å². The summed E-state index contributed by atoms with van der Waals surface area (Å²) in [6.45, 7) is 8.84. The summed E-state index contributed by atoms with van der Waals surface area (Å²) in [5.74, 6) is 2.52. The molecule has 0 spiro atoms. The van der Waals surface area contributed by atoms with Gasteiger partial charge in [-0.15, -0.1) is 0 Å². The van der Waals surface area contributed by atoms with Crippen LogP contribution in [0.2, 0.25) is 0 Å². The third-order valence-electron chi connectivity index (χ3n) is 3.91. The Labute approximate surface area is 100 Å². The molecule has 1 aliphatic carbocycles. The first-order chi connectivity index (χ1) is 7.50. The van der Waals surface area contributed by atoms with E-state index in [2.05, 4.69) is 32.9 Å². The minimum Gasteiger partial charge on any atom is -0.299 e. The van der Waals surface area contributed by atoms with Gasteiger partial charge in [-0.2, -0.15) is 0 Å². The molecular formula is C15H26O. The first-order valence-corrected chi connectivity index (χ1v) is 6.70. The van der Waals surface area contributed by atoms with Gasteiger partial charge in [-0.05, 0) is 30.6 Å². The molecule has 1 aliphatic rings. The quantitative estimate of drug-likeness (QED) is 0.607. The molecule has 92 valence electrons. The Hall–Kier alpha value is -0.590. The molecule has 0 aromatic heterocycles. The summed E-state index contributed by atoms with van der Waals surface area (Å²) in [6, 6.07) is 0. The molecule has 0 heterocycles. The molecule has 0 unspecified atom stereocenters. The highest BCUT2D eigenvalue weighted by Gasteiger charge is 2.21. The Bertz CT molecular complexity index is 252. The van der Waals surface area contributed by atoms with E-state index < -0.39 is 0 Å². The average Bonchev–Trinajstić information content (AvgIpc) is 2.22. The topological polar surface area (TPSA) is 17.1 Å². The number of allylic oxidation sites excluding steroid dienone is 2. The molecule has 0 amide bonds. The molecule has 16 heavy (non-hydrogen) atoms. The molecule has 0 saturated carbocycles. The molecule has 3 atom stereocenters. The zero-order valence-corrected chi connectivity index (χ0v) is 11.2. The largest absolute Gasteiger partial charge is 0.299 e. The number of rotatable bonds is 1. The normalized spacial score (nSPS) is 33.1. The monoisotopic (exact) mass is 222 g/mol. The zero-order chi connectivity index (χ0) is 12.1. The van der Waals surface area contributed by atoms with Crippen molar-refractivity contribution in [2.45, 2.75) is 53.4 Å². The lowest BCUT2D eigenvalue weighted by molar-refractivity contribution is -0.122. The van der Waals surface area contributed by atoms with Gasteiger partial charge in [-0.3, -0.25) is 4.79 Å². The summed E-state index contributed by atoms with van der Waals surface area (Å²) in [4.78, 5) is 12.0. The Balaban J connectivity index is 2.71. The average molecular weight is 222 g/mol. The molecule has 0 saturated heterocycles. The molecule has 0 aromatic carbocycles. The number of hydrogen-bond donors (Lipinski definition) is 0. The number of carbonyl (C=O) groups excluding carboxylic acids is 1. The predicted octanol–water partition coefficient (Wildman–Crippen LogP) is 4.23. The van der Waals surface area contributed by atoms with Gasteiger partial charge < -0.3 is 0 Å². The molecule has 1 nitrogen and oxygen atoms in total. The van der Waals surface area contributed by atoms with Gasteiger partial charge in [0.15, 0.2) is 0 Å². The van der Waals surface area contributed by atoms with Crippen LogP contribution in [0.1, 0.15) is 53.4 Å². The van der Waals surface area contributed by atoms with Crippen LogP contribution in [0.5, 0.6) is 0 Å².